The molecule has 30 heavy (non-hydrogen) atoms. The van der Waals surface area contributed by atoms with E-state index in [1.54, 1.807) is 17.0 Å². The van der Waals surface area contributed by atoms with Gasteiger partial charge in [-0.2, -0.15) is 0 Å². The van der Waals surface area contributed by atoms with Gasteiger partial charge < -0.3 is 18.8 Å². The van der Waals surface area contributed by atoms with Crippen molar-refractivity contribution in [2.75, 3.05) is 26.3 Å². The summed E-state index contributed by atoms with van der Waals surface area (Å²) in [4.78, 5) is 52.8. The molecule has 156 valence electrons. The molecule has 2 aliphatic rings. The normalized spacial score (nSPS) is 17.1. The minimum Gasteiger partial charge on any atom is -0.467 e. The number of hydrogen-bond donors (Lipinski definition) is 0. The van der Waals surface area contributed by atoms with Crippen LogP contribution in [0.1, 0.15) is 43.8 Å². The summed E-state index contributed by atoms with van der Waals surface area (Å²) >= 11 is 0. The molecule has 0 N–H and O–H groups in total. The van der Waals surface area contributed by atoms with Gasteiger partial charge in [0.1, 0.15) is 5.76 Å². The Morgan fingerprint density at radius 1 is 1.10 bits per heavy atom. The summed E-state index contributed by atoms with van der Waals surface area (Å²) in [5.74, 6) is -1.54. The molecule has 0 spiro atoms. The average Bonchev–Trinajstić information content (AvgIpc) is 3.36. The Labute approximate surface area is 172 Å². The van der Waals surface area contributed by atoms with Gasteiger partial charge in [0.05, 0.1) is 42.7 Å². The van der Waals surface area contributed by atoms with Crippen LogP contribution in [0.5, 0.6) is 0 Å². The monoisotopic (exact) mass is 412 g/mol. The fourth-order valence-corrected chi connectivity index (χ4v) is 3.44. The number of furan rings is 1. The van der Waals surface area contributed by atoms with Gasteiger partial charge in [-0.1, -0.05) is 0 Å². The Bertz CT molecular complexity index is 993. The highest BCUT2D eigenvalue weighted by Crippen LogP contribution is 2.26. The van der Waals surface area contributed by atoms with Crippen molar-refractivity contribution >= 4 is 23.7 Å². The van der Waals surface area contributed by atoms with Crippen molar-refractivity contribution in [1.82, 2.24) is 9.80 Å². The molecule has 0 radical (unpaired) electrons. The van der Waals surface area contributed by atoms with Crippen molar-refractivity contribution in [2.24, 2.45) is 0 Å². The Hall–Kier alpha value is -3.46. The standard InChI is InChI=1S/C21H20N2O7/c1-13(18(24)22-6-9-28-10-7-22)30-21(27)14-4-5-16-17(11-14)20(26)23(19(16)25)12-15-3-2-8-29-15/h2-5,8,11,13H,6-7,9-10,12H2,1H3. The number of rotatable bonds is 5. The molecule has 0 saturated carbocycles. The number of hydrogen-bond acceptors (Lipinski definition) is 7. The fraction of sp³-hybridized carbons (Fsp3) is 0.333. The summed E-state index contributed by atoms with van der Waals surface area (Å²) in [6.07, 6.45) is 0.484. The van der Waals surface area contributed by atoms with Crippen molar-refractivity contribution in [3.63, 3.8) is 0 Å². The molecule has 1 unspecified atom stereocenters. The molecule has 0 bridgehead atoms. The number of nitrogens with zero attached hydrogens (tertiary/aromatic N) is 2. The fourth-order valence-electron chi connectivity index (χ4n) is 3.44. The first-order valence-corrected chi connectivity index (χ1v) is 9.56. The lowest BCUT2D eigenvalue weighted by Crippen LogP contribution is -2.46. The van der Waals surface area contributed by atoms with Crippen LogP contribution in [-0.4, -0.2) is 65.9 Å². The van der Waals surface area contributed by atoms with Crippen molar-refractivity contribution < 1.29 is 33.1 Å². The maximum absolute atomic E-state index is 12.7. The van der Waals surface area contributed by atoms with Gasteiger partial charge >= 0.3 is 5.97 Å². The van der Waals surface area contributed by atoms with E-state index in [0.29, 0.717) is 32.1 Å². The molecule has 1 atom stereocenters. The van der Waals surface area contributed by atoms with Crippen molar-refractivity contribution in [2.45, 2.75) is 19.6 Å². The predicted octanol–water partition coefficient (Wildman–Crippen LogP) is 1.48. The summed E-state index contributed by atoms with van der Waals surface area (Å²) < 4.78 is 15.7. The molecule has 1 saturated heterocycles. The summed E-state index contributed by atoms with van der Waals surface area (Å²) in [5, 5.41) is 0. The van der Waals surface area contributed by atoms with Crippen molar-refractivity contribution in [3.05, 3.63) is 59.0 Å². The highest BCUT2D eigenvalue weighted by Gasteiger charge is 2.37. The molecule has 2 aliphatic heterocycles. The van der Waals surface area contributed by atoms with Crippen LogP contribution in [0.25, 0.3) is 0 Å². The van der Waals surface area contributed by atoms with E-state index < -0.39 is 23.9 Å². The molecule has 1 aromatic heterocycles. The third-order valence-corrected chi connectivity index (χ3v) is 5.05. The Balaban J connectivity index is 1.46. The second-order valence-electron chi connectivity index (χ2n) is 7.02. The quantitative estimate of drug-likeness (QED) is 0.541. The number of carbonyl (C=O) groups excluding carboxylic acids is 4. The topological polar surface area (TPSA) is 106 Å². The van der Waals surface area contributed by atoms with E-state index in [1.165, 1.54) is 31.4 Å². The average molecular weight is 412 g/mol. The largest absolute Gasteiger partial charge is 0.467 e. The molecule has 3 amide bonds. The number of amides is 3. The Morgan fingerprint density at radius 3 is 2.53 bits per heavy atom. The second kappa shape index (κ2) is 8.11. The summed E-state index contributed by atoms with van der Waals surface area (Å²) in [7, 11) is 0. The van der Waals surface area contributed by atoms with E-state index in [-0.39, 0.29) is 29.1 Å². The molecule has 1 aromatic carbocycles. The van der Waals surface area contributed by atoms with E-state index in [9.17, 15) is 19.2 Å². The molecular weight excluding hydrogens is 392 g/mol. The maximum atomic E-state index is 12.7. The number of ether oxygens (including phenoxy) is 2. The smallest absolute Gasteiger partial charge is 0.338 e. The number of fused-ring (bicyclic) bond motifs is 1. The van der Waals surface area contributed by atoms with Crippen LogP contribution in [0.3, 0.4) is 0 Å². The number of benzene rings is 1. The third-order valence-electron chi connectivity index (χ3n) is 5.05. The van der Waals surface area contributed by atoms with Gasteiger partial charge in [-0.05, 0) is 37.3 Å². The molecule has 3 heterocycles. The molecule has 4 rings (SSSR count). The number of imide groups is 1. The van der Waals surface area contributed by atoms with Crippen LogP contribution >= 0.6 is 0 Å². The van der Waals surface area contributed by atoms with E-state index in [0.717, 1.165) is 4.90 Å². The first-order chi connectivity index (χ1) is 14.5. The highest BCUT2D eigenvalue weighted by molar-refractivity contribution is 6.21. The zero-order valence-electron chi connectivity index (χ0n) is 16.3. The van der Waals surface area contributed by atoms with Crippen LogP contribution in [0.4, 0.5) is 0 Å². The van der Waals surface area contributed by atoms with Crippen LogP contribution in [0, 0.1) is 0 Å². The van der Waals surface area contributed by atoms with Crippen LogP contribution < -0.4 is 0 Å². The number of carbonyl (C=O) groups is 4. The predicted molar refractivity (Wildman–Crippen MR) is 102 cm³/mol. The SMILES string of the molecule is CC(OC(=O)c1ccc2c(c1)C(=O)N(Cc1ccco1)C2=O)C(=O)N1CCOCC1. The number of morpholine rings is 1. The van der Waals surface area contributed by atoms with Gasteiger partial charge in [0.25, 0.3) is 17.7 Å². The zero-order valence-corrected chi connectivity index (χ0v) is 16.3. The summed E-state index contributed by atoms with van der Waals surface area (Å²) in [6.45, 7) is 3.29. The van der Waals surface area contributed by atoms with Gasteiger partial charge in [-0.15, -0.1) is 0 Å². The Morgan fingerprint density at radius 2 is 1.83 bits per heavy atom. The van der Waals surface area contributed by atoms with Crippen molar-refractivity contribution in [3.8, 4) is 0 Å². The van der Waals surface area contributed by atoms with Crippen LogP contribution in [0.2, 0.25) is 0 Å². The van der Waals surface area contributed by atoms with Crippen LogP contribution in [-0.2, 0) is 20.8 Å². The van der Waals surface area contributed by atoms with Gasteiger partial charge in [0, 0.05) is 13.1 Å². The van der Waals surface area contributed by atoms with E-state index in [1.807, 2.05) is 0 Å². The minimum absolute atomic E-state index is 0.00418. The van der Waals surface area contributed by atoms with E-state index in [4.69, 9.17) is 13.9 Å². The minimum atomic E-state index is -0.975. The van der Waals surface area contributed by atoms with Crippen molar-refractivity contribution in [1.29, 1.82) is 0 Å². The second-order valence-corrected chi connectivity index (χ2v) is 7.02. The molecule has 9 nitrogen and oxygen atoms in total. The number of esters is 1. The molecule has 2 aromatic rings. The molecule has 0 aliphatic carbocycles. The Kier molecular flexibility index (Phi) is 5.37. The molecule has 1 fully saturated rings. The lowest BCUT2D eigenvalue weighted by atomic mass is 10.1. The zero-order chi connectivity index (χ0) is 21.3. The third kappa shape index (κ3) is 3.71. The maximum Gasteiger partial charge on any atom is 0.338 e. The van der Waals surface area contributed by atoms with E-state index >= 15 is 0 Å². The first kappa shape index (κ1) is 19.8. The van der Waals surface area contributed by atoms with Gasteiger partial charge in [0.15, 0.2) is 6.10 Å². The first-order valence-electron chi connectivity index (χ1n) is 9.56. The highest BCUT2D eigenvalue weighted by atomic mass is 16.5. The lowest BCUT2D eigenvalue weighted by Gasteiger charge is -2.28. The molecular formula is C21H20N2O7. The van der Waals surface area contributed by atoms with Gasteiger partial charge in [-0.25, -0.2) is 4.79 Å². The van der Waals surface area contributed by atoms with E-state index in [2.05, 4.69) is 0 Å². The lowest BCUT2D eigenvalue weighted by molar-refractivity contribution is -0.143. The van der Waals surface area contributed by atoms with Gasteiger partial charge in [0.2, 0.25) is 0 Å². The molecule has 9 heteroatoms. The van der Waals surface area contributed by atoms with Crippen LogP contribution in [0.15, 0.2) is 41.0 Å². The van der Waals surface area contributed by atoms with Gasteiger partial charge in [-0.3, -0.25) is 19.3 Å². The summed E-state index contributed by atoms with van der Waals surface area (Å²) in [5.41, 5.74) is 0.421. The summed E-state index contributed by atoms with van der Waals surface area (Å²) in [6, 6.07) is 7.49.